The van der Waals surface area contributed by atoms with Gasteiger partial charge in [-0.05, 0) is 25.1 Å². The molecule has 0 spiro atoms. The second-order valence-corrected chi connectivity index (χ2v) is 5.99. The first-order chi connectivity index (χ1) is 10.6. The van der Waals surface area contributed by atoms with E-state index in [1.807, 2.05) is 0 Å². The number of rotatable bonds is 4. The molecule has 2 saturated heterocycles. The monoisotopic (exact) mass is 308 g/mol. The van der Waals surface area contributed by atoms with Crippen molar-refractivity contribution in [1.82, 2.24) is 15.1 Å². The molecule has 2 fully saturated rings. The summed E-state index contributed by atoms with van der Waals surface area (Å²) in [6, 6.07) is 4.30. The fourth-order valence-electron chi connectivity index (χ4n) is 3.34. The summed E-state index contributed by atoms with van der Waals surface area (Å²) in [5, 5.41) is 14.4. The lowest BCUT2D eigenvalue weighted by Crippen LogP contribution is -2.50. The third-order valence-corrected chi connectivity index (χ3v) is 4.59. The number of benzene rings is 1. The van der Waals surface area contributed by atoms with Crippen molar-refractivity contribution in [1.29, 1.82) is 0 Å². The van der Waals surface area contributed by atoms with Crippen LogP contribution in [0.25, 0.3) is 0 Å². The second-order valence-electron chi connectivity index (χ2n) is 5.99. The maximum Gasteiger partial charge on any atom is 0.274 e. The Labute approximate surface area is 129 Å². The van der Waals surface area contributed by atoms with Crippen LogP contribution in [0.1, 0.15) is 12.0 Å². The van der Waals surface area contributed by atoms with Crippen molar-refractivity contribution in [3.8, 4) is 0 Å². The molecule has 0 saturated carbocycles. The molecule has 0 aromatic heterocycles. The minimum atomic E-state index is -0.435. The third kappa shape index (κ3) is 3.43. The molecular weight excluding hydrogens is 287 g/mol. The van der Waals surface area contributed by atoms with Crippen LogP contribution >= 0.6 is 0 Å². The molecule has 2 aliphatic rings. The van der Waals surface area contributed by atoms with Crippen molar-refractivity contribution in [3.05, 3.63) is 39.7 Å². The summed E-state index contributed by atoms with van der Waals surface area (Å²) in [5.41, 5.74) is 0.463. The predicted molar refractivity (Wildman–Crippen MR) is 81.2 cm³/mol. The summed E-state index contributed by atoms with van der Waals surface area (Å²) < 4.78 is 13.4. The van der Waals surface area contributed by atoms with Crippen LogP contribution in [-0.2, 0) is 6.54 Å². The number of nitro groups is 1. The average molecular weight is 308 g/mol. The molecule has 0 amide bonds. The molecule has 22 heavy (non-hydrogen) atoms. The van der Waals surface area contributed by atoms with Crippen LogP contribution < -0.4 is 5.32 Å². The number of nitrogens with zero attached hydrogens (tertiary/aromatic N) is 3. The summed E-state index contributed by atoms with van der Waals surface area (Å²) in [7, 11) is 0. The Kier molecular flexibility index (Phi) is 4.66. The lowest BCUT2D eigenvalue weighted by atomic mass is 10.1. The number of nitro benzene ring substituents is 1. The molecule has 1 aromatic carbocycles. The normalized spacial score (nSPS) is 23.8. The lowest BCUT2D eigenvalue weighted by Gasteiger charge is -2.37. The van der Waals surface area contributed by atoms with Gasteiger partial charge < -0.3 is 5.32 Å². The van der Waals surface area contributed by atoms with E-state index in [0.717, 1.165) is 45.3 Å². The van der Waals surface area contributed by atoms with Gasteiger partial charge in [0.2, 0.25) is 0 Å². The van der Waals surface area contributed by atoms with Crippen molar-refractivity contribution in [2.45, 2.75) is 19.0 Å². The SMILES string of the molecule is O=[N+]([O-])c1ccc(F)cc1CN1CCN(C2CCNC2)CC1. The maximum atomic E-state index is 13.4. The van der Waals surface area contributed by atoms with Gasteiger partial charge in [0.25, 0.3) is 5.69 Å². The van der Waals surface area contributed by atoms with Gasteiger partial charge in [-0.15, -0.1) is 0 Å². The Morgan fingerprint density at radius 3 is 2.73 bits per heavy atom. The molecule has 0 radical (unpaired) electrons. The van der Waals surface area contributed by atoms with Crippen molar-refractivity contribution < 1.29 is 9.31 Å². The predicted octanol–water partition coefficient (Wildman–Crippen LogP) is 1.21. The standard InChI is InChI=1S/C15H21FN4O2/c16-13-1-2-15(20(21)22)12(9-13)11-18-5-7-19(8-6-18)14-3-4-17-10-14/h1-2,9,14,17H,3-8,10-11H2. The number of hydrogen-bond acceptors (Lipinski definition) is 5. The Hall–Kier alpha value is -1.57. The molecule has 6 nitrogen and oxygen atoms in total. The highest BCUT2D eigenvalue weighted by Gasteiger charge is 2.27. The molecule has 1 aromatic rings. The average Bonchev–Trinajstić information content (AvgIpc) is 3.02. The minimum Gasteiger partial charge on any atom is -0.315 e. The van der Waals surface area contributed by atoms with Crippen LogP contribution in [0.15, 0.2) is 18.2 Å². The summed E-state index contributed by atoms with van der Waals surface area (Å²) in [6.45, 7) is 6.24. The number of halogens is 1. The highest BCUT2D eigenvalue weighted by atomic mass is 19.1. The number of piperazine rings is 1. The van der Waals surface area contributed by atoms with Crippen molar-refractivity contribution in [2.24, 2.45) is 0 Å². The van der Waals surface area contributed by atoms with Gasteiger partial charge in [-0.25, -0.2) is 4.39 Å². The molecular formula is C15H21FN4O2. The van der Waals surface area contributed by atoms with Gasteiger partial charge in [0, 0.05) is 56.9 Å². The number of nitrogens with one attached hydrogen (secondary N) is 1. The highest BCUT2D eigenvalue weighted by molar-refractivity contribution is 5.40. The fraction of sp³-hybridized carbons (Fsp3) is 0.600. The zero-order chi connectivity index (χ0) is 15.5. The second kappa shape index (κ2) is 6.68. The van der Waals surface area contributed by atoms with Crippen LogP contribution in [-0.4, -0.2) is 60.0 Å². The van der Waals surface area contributed by atoms with E-state index in [-0.39, 0.29) is 5.69 Å². The van der Waals surface area contributed by atoms with E-state index < -0.39 is 10.7 Å². The Morgan fingerprint density at radius 1 is 1.32 bits per heavy atom. The fourth-order valence-corrected chi connectivity index (χ4v) is 3.34. The molecule has 1 N–H and O–H groups in total. The Morgan fingerprint density at radius 2 is 2.09 bits per heavy atom. The van der Waals surface area contributed by atoms with Gasteiger partial charge in [-0.2, -0.15) is 0 Å². The number of hydrogen-bond donors (Lipinski definition) is 1. The van der Waals surface area contributed by atoms with Crippen LogP contribution in [0, 0.1) is 15.9 Å². The zero-order valence-electron chi connectivity index (χ0n) is 12.5. The van der Waals surface area contributed by atoms with Crippen LogP contribution in [0.3, 0.4) is 0 Å². The summed E-state index contributed by atoms with van der Waals surface area (Å²) >= 11 is 0. The quantitative estimate of drug-likeness (QED) is 0.669. The van der Waals surface area contributed by atoms with Crippen molar-refractivity contribution >= 4 is 5.69 Å². The Bertz CT molecular complexity index is 540. The lowest BCUT2D eigenvalue weighted by molar-refractivity contribution is -0.385. The first-order valence-electron chi connectivity index (χ1n) is 7.73. The Balaban J connectivity index is 1.60. The molecule has 7 heteroatoms. The van der Waals surface area contributed by atoms with Crippen LogP contribution in [0.2, 0.25) is 0 Å². The largest absolute Gasteiger partial charge is 0.315 e. The van der Waals surface area contributed by atoms with Crippen LogP contribution in [0.4, 0.5) is 10.1 Å². The molecule has 1 atom stereocenters. The first-order valence-corrected chi connectivity index (χ1v) is 7.73. The molecule has 120 valence electrons. The van der Waals surface area contributed by atoms with E-state index in [2.05, 4.69) is 15.1 Å². The molecule has 0 aliphatic carbocycles. The summed E-state index contributed by atoms with van der Waals surface area (Å²) in [5.74, 6) is -0.420. The van der Waals surface area contributed by atoms with E-state index in [1.165, 1.54) is 18.6 Å². The van der Waals surface area contributed by atoms with E-state index in [9.17, 15) is 14.5 Å². The zero-order valence-corrected chi connectivity index (χ0v) is 12.5. The summed E-state index contributed by atoms with van der Waals surface area (Å²) in [4.78, 5) is 15.3. The van der Waals surface area contributed by atoms with Crippen LogP contribution in [0.5, 0.6) is 0 Å². The molecule has 2 aliphatic heterocycles. The maximum absolute atomic E-state index is 13.4. The first kappa shape index (κ1) is 15.3. The van der Waals surface area contributed by atoms with E-state index in [0.29, 0.717) is 18.2 Å². The van der Waals surface area contributed by atoms with E-state index >= 15 is 0 Å². The van der Waals surface area contributed by atoms with Crippen molar-refractivity contribution in [3.63, 3.8) is 0 Å². The molecule has 1 unspecified atom stereocenters. The van der Waals surface area contributed by atoms with E-state index in [4.69, 9.17) is 0 Å². The highest BCUT2D eigenvalue weighted by Crippen LogP contribution is 2.22. The van der Waals surface area contributed by atoms with Gasteiger partial charge in [0.05, 0.1) is 4.92 Å². The van der Waals surface area contributed by atoms with Gasteiger partial charge >= 0.3 is 0 Å². The van der Waals surface area contributed by atoms with Gasteiger partial charge in [0.1, 0.15) is 5.82 Å². The molecule has 2 heterocycles. The van der Waals surface area contributed by atoms with Crippen molar-refractivity contribution in [2.75, 3.05) is 39.3 Å². The van der Waals surface area contributed by atoms with E-state index in [1.54, 1.807) is 0 Å². The molecule has 0 bridgehead atoms. The summed E-state index contributed by atoms with van der Waals surface area (Å²) in [6.07, 6.45) is 1.19. The van der Waals surface area contributed by atoms with Gasteiger partial charge in [0.15, 0.2) is 0 Å². The topological polar surface area (TPSA) is 61.7 Å². The smallest absolute Gasteiger partial charge is 0.274 e. The van der Waals surface area contributed by atoms with Gasteiger partial charge in [-0.3, -0.25) is 19.9 Å². The van der Waals surface area contributed by atoms with Gasteiger partial charge in [-0.1, -0.05) is 0 Å². The molecule has 3 rings (SSSR count). The minimum absolute atomic E-state index is 0.00354. The third-order valence-electron chi connectivity index (χ3n) is 4.59.